The van der Waals surface area contributed by atoms with Crippen molar-refractivity contribution in [3.63, 3.8) is 0 Å². The molecule has 1 N–H and O–H groups in total. The highest BCUT2D eigenvalue weighted by Crippen LogP contribution is 2.34. The number of aliphatic hydroxyl groups is 1. The molecule has 0 radical (unpaired) electrons. The van der Waals surface area contributed by atoms with Gasteiger partial charge in [0.2, 0.25) is 0 Å². The van der Waals surface area contributed by atoms with Gasteiger partial charge in [0, 0.05) is 5.56 Å². The highest BCUT2D eigenvalue weighted by molar-refractivity contribution is 7.13. The Morgan fingerprint density at radius 2 is 1.94 bits per heavy atom. The molecule has 0 saturated carbocycles. The normalized spacial score (nSPS) is 11.6. The second kappa shape index (κ2) is 5.04. The van der Waals surface area contributed by atoms with Gasteiger partial charge < -0.3 is 9.84 Å². The minimum atomic E-state index is -0.109. The molecule has 2 rings (SSSR count). The van der Waals surface area contributed by atoms with E-state index in [-0.39, 0.29) is 12.0 Å². The molecule has 0 spiro atoms. The van der Waals surface area contributed by atoms with E-state index < -0.39 is 0 Å². The summed E-state index contributed by atoms with van der Waals surface area (Å²) in [6.45, 7) is 6.29. The number of nitrogens with zero attached hydrogens (tertiary/aromatic N) is 2. The van der Waals surface area contributed by atoms with Gasteiger partial charge in [0.05, 0.1) is 6.61 Å². The molecule has 2 aromatic rings. The van der Waals surface area contributed by atoms with Crippen LogP contribution < -0.4 is 4.74 Å². The van der Waals surface area contributed by atoms with E-state index in [1.54, 1.807) is 0 Å². The van der Waals surface area contributed by atoms with Gasteiger partial charge in [0.25, 0.3) is 5.19 Å². The van der Waals surface area contributed by atoms with Gasteiger partial charge in [0.15, 0.2) is 0 Å². The fraction of sp³-hybridized carbons (Fsp3) is 0.385. The Morgan fingerprint density at radius 3 is 2.56 bits per heavy atom. The topological polar surface area (TPSA) is 55.2 Å². The van der Waals surface area contributed by atoms with E-state index in [0.717, 1.165) is 11.3 Å². The summed E-state index contributed by atoms with van der Waals surface area (Å²) in [5.41, 5.74) is 1.12. The number of aromatic nitrogens is 2. The molecular formula is C13H16N2O2S. The second-order valence-corrected chi connectivity index (χ2v) is 5.99. The molecule has 0 saturated heterocycles. The van der Waals surface area contributed by atoms with Crippen LogP contribution >= 0.6 is 11.3 Å². The van der Waals surface area contributed by atoms with E-state index in [1.807, 2.05) is 24.3 Å². The van der Waals surface area contributed by atoms with Gasteiger partial charge in [0.1, 0.15) is 10.8 Å². The van der Waals surface area contributed by atoms with Crippen molar-refractivity contribution in [2.24, 2.45) is 0 Å². The lowest BCUT2D eigenvalue weighted by atomic mass is 9.86. The zero-order valence-corrected chi connectivity index (χ0v) is 11.5. The fourth-order valence-corrected chi connectivity index (χ4v) is 2.17. The molecule has 4 nitrogen and oxygen atoms in total. The number of rotatable bonds is 3. The Hall–Kier alpha value is -1.46. The largest absolute Gasteiger partial charge is 0.429 e. The monoisotopic (exact) mass is 264 g/mol. The van der Waals surface area contributed by atoms with Crippen LogP contribution in [0.1, 0.15) is 31.3 Å². The Kier molecular flexibility index (Phi) is 3.63. The van der Waals surface area contributed by atoms with Crippen molar-refractivity contribution >= 4 is 11.3 Å². The third-order valence-corrected chi connectivity index (χ3v) is 3.26. The Bertz CT molecular complexity index is 532. The van der Waals surface area contributed by atoms with Crippen LogP contribution in [0.4, 0.5) is 0 Å². The number of ether oxygens (including phenoxy) is 1. The molecule has 1 aromatic heterocycles. The Balaban J connectivity index is 2.29. The molecule has 1 heterocycles. The molecule has 0 aliphatic heterocycles. The zero-order valence-electron chi connectivity index (χ0n) is 10.7. The predicted octanol–water partition coefficient (Wildman–Crippen LogP) is 3.12. The summed E-state index contributed by atoms with van der Waals surface area (Å²) in [5.74, 6) is 0.783. The SMILES string of the molecule is CC(C)(C)c1ccccc1Oc1nnc(CO)s1. The summed E-state index contributed by atoms with van der Waals surface area (Å²) in [5, 5.41) is 17.7. The van der Waals surface area contributed by atoms with Gasteiger partial charge in [-0.15, -0.1) is 5.10 Å². The lowest BCUT2D eigenvalue weighted by Gasteiger charge is -2.21. The van der Waals surface area contributed by atoms with Gasteiger partial charge in [-0.1, -0.05) is 55.4 Å². The van der Waals surface area contributed by atoms with E-state index in [0.29, 0.717) is 10.2 Å². The first kappa shape index (κ1) is 13.0. The van der Waals surface area contributed by atoms with Crippen LogP contribution in [0.3, 0.4) is 0 Å². The molecule has 18 heavy (non-hydrogen) atoms. The molecule has 0 aliphatic carbocycles. The molecule has 0 amide bonds. The van der Waals surface area contributed by atoms with E-state index in [9.17, 15) is 0 Å². The van der Waals surface area contributed by atoms with Gasteiger partial charge >= 0.3 is 0 Å². The highest BCUT2D eigenvalue weighted by atomic mass is 32.1. The number of hydrogen-bond donors (Lipinski definition) is 1. The van der Waals surface area contributed by atoms with Crippen molar-refractivity contribution in [2.75, 3.05) is 0 Å². The second-order valence-electron chi connectivity index (χ2n) is 4.97. The van der Waals surface area contributed by atoms with Crippen LogP contribution in [0.5, 0.6) is 10.9 Å². The molecule has 5 heteroatoms. The predicted molar refractivity (Wildman–Crippen MR) is 71.0 cm³/mol. The zero-order chi connectivity index (χ0) is 13.2. The molecule has 0 fully saturated rings. The van der Waals surface area contributed by atoms with Crippen LogP contribution in [0.15, 0.2) is 24.3 Å². The van der Waals surface area contributed by atoms with Crippen LogP contribution in [-0.2, 0) is 12.0 Å². The van der Waals surface area contributed by atoms with Gasteiger partial charge in [-0.3, -0.25) is 0 Å². The van der Waals surface area contributed by atoms with Crippen molar-refractivity contribution in [3.05, 3.63) is 34.8 Å². The molecule has 0 atom stereocenters. The minimum absolute atomic E-state index is 0.00108. The summed E-state index contributed by atoms with van der Waals surface area (Å²) < 4.78 is 5.75. The van der Waals surface area contributed by atoms with Crippen LogP contribution in [-0.4, -0.2) is 15.3 Å². The van der Waals surface area contributed by atoms with Crippen molar-refractivity contribution < 1.29 is 9.84 Å². The van der Waals surface area contributed by atoms with Gasteiger partial charge in [-0.2, -0.15) is 0 Å². The van der Waals surface area contributed by atoms with Crippen molar-refractivity contribution in [1.82, 2.24) is 10.2 Å². The van der Waals surface area contributed by atoms with Crippen molar-refractivity contribution in [2.45, 2.75) is 32.8 Å². The van der Waals surface area contributed by atoms with Gasteiger partial charge in [-0.25, -0.2) is 0 Å². The molecular weight excluding hydrogens is 248 g/mol. The van der Waals surface area contributed by atoms with Crippen molar-refractivity contribution in [1.29, 1.82) is 0 Å². The summed E-state index contributed by atoms with van der Waals surface area (Å²) in [4.78, 5) is 0. The van der Waals surface area contributed by atoms with Crippen LogP contribution in [0.2, 0.25) is 0 Å². The smallest absolute Gasteiger partial charge is 0.299 e. The molecule has 1 aromatic carbocycles. The van der Waals surface area contributed by atoms with E-state index in [2.05, 4.69) is 31.0 Å². The summed E-state index contributed by atoms with van der Waals surface area (Å²) >= 11 is 1.25. The Labute approximate surface area is 110 Å². The lowest BCUT2D eigenvalue weighted by molar-refractivity contribution is 0.280. The van der Waals surface area contributed by atoms with Crippen LogP contribution in [0.25, 0.3) is 0 Å². The maximum Gasteiger partial charge on any atom is 0.299 e. The van der Waals surface area contributed by atoms with E-state index in [4.69, 9.17) is 9.84 Å². The first-order valence-electron chi connectivity index (χ1n) is 5.71. The molecule has 96 valence electrons. The maximum atomic E-state index is 8.95. The third kappa shape index (κ3) is 2.86. The maximum absolute atomic E-state index is 8.95. The first-order valence-corrected chi connectivity index (χ1v) is 6.53. The summed E-state index contributed by atoms with van der Waals surface area (Å²) in [6.07, 6.45) is 0. The highest BCUT2D eigenvalue weighted by Gasteiger charge is 2.19. The summed E-state index contributed by atoms with van der Waals surface area (Å²) in [7, 11) is 0. The first-order chi connectivity index (χ1) is 8.50. The van der Waals surface area contributed by atoms with Gasteiger partial charge in [-0.05, 0) is 11.5 Å². The van der Waals surface area contributed by atoms with Crippen LogP contribution in [0, 0.1) is 0 Å². The number of benzene rings is 1. The number of aliphatic hydroxyl groups excluding tert-OH is 1. The van der Waals surface area contributed by atoms with Crippen molar-refractivity contribution in [3.8, 4) is 10.9 Å². The number of para-hydroxylation sites is 1. The lowest BCUT2D eigenvalue weighted by Crippen LogP contribution is -2.12. The quantitative estimate of drug-likeness (QED) is 0.925. The average Bonchev–Trinajstić information content (AvgIpc) is 2.76. The summed E-state index contributed by atoms with van der Waals surface area (Å²) in [6, 6.07) is 7.88. The minimum Gasteiger partial charge on any atom is -0.429 e. The average molecular weight is 264 g/mol. The number of hydrogen-bond acceptors (Lipinski definition) is 5. The molecule has 0 unspecified atom stereocenters. The standard InChI is InChI=1S/C13H16N2O2S/c1-13(2,3)9-6-4-5-7-10(9)17-12-15-14-11(8-16)18-12/h4-7,16H,8H2,1-3H3. The van der Waals surface area contributed by atoms with E-state index >= 15 is 0 Å². The fourth-order valence-electron chi connectivity index (χ4n) is 1.61. The molecule has 0 aliphatic rings. The Morgan fingerprint density at radius 1 is 1.22 bits per heavy atom. The van der Waals surface area contributed by atoms with E-state index in [1.165, 1.54) is 11.3 Å². The third-order valence-electron chi connectivity index (χ3n) is 2.48. The molecule has 0 bridgehead atoms.